The summed E-state index contributed by atoms with van der Waals surface area (Å²) in [7, 11) is 1.69. The van der Waals surface area contributed by atoms with Gasteiger partial charge in [0.2, 0.25) is 0 Å². The summed E-state index contributed by atoms with van der Waals surface area (Å²) in [6, 6.07) is 2.63. The van der Waals surface area contributed by atoms with E-state index in [1.807, 2.05) is 0 Å². The van der Waals surface area contributed by atoms with Crippen molar-refractivity contribution in [2.75, 3.05) is 20.2 Å². The number of nitrogens with one attached hydrogen (secondary N) is 1. The van der Waals surface area contributed by atoms with Crippen LogP contribution < -0.4 is 10.1 Å². The van der Waals surface area contributed by atoms with Gasteiger partial charge in [-0.3, -0.25) is 0 Å². The lowest BCUT2D eigenvalue weighted by Crippen LogP contribution is -2.45. The zero-order valence-corrected chi connectivity index (χ0v) is 18.8. The van der Waals surface area contributed by atoms with E-state index < -0.39 is 29.2 Å². The van der Waals surface area contributed by atoms with E-state index in [4.69, 9.17) is 25.8 Å². The third-order valence-corrected chi connectivity index (χ3v) is 3.72. The fraction of sp³-hybridized carbons (Fsp3) is 0.600. The molecule has 0 bridgehead atoms. The molecule has 0 saturated carbocycles. The summed E-state index contributed by atoms with van der Waals surface area (Å²) >= 11 is 6.01. The first-order valence-corrected chi connectivity index (χ1v) is 9.60. The van der Waals surface area contributed by atoms with Gasteiger partial charge < -0.3 is 19.5 Å². The lowest BCUT2D eigenvalue weighted by Gasteiger charge is -2.28. The molecule has 7 nitrogen and oxygen atoms in total. The number of hydrogen-bond donors (Lipinski definition) is 1. The number of ether oxygens (including phenoxy) is 3. The van der Waals surface area contributed by atoms with Crippen LogP contribution in [0.5, 0.6) is 5.75 Å². The molecular formula is C20H30ClFN2O5. The highest BCUT2D eigenvalue weighted by atomic mass is 35.5. The molecule has 1 aromatic rings. The van der Waals surface area contributed by atoms with E-state index in [1.165, 1.54) is 12.1 Å². The third-order valence-electron chi connectivity index (χ3n) is 3.31. The van der Waals surface area contributed by atoms with Crippen molar-refractivity contribution in [3.8, 4) is 5.75 Å². The van der Waals surface area contributed by atoms with Crippen molar-refractivity contribution in [3.63, 3.8) is 0 Å². The molecule has 1 aromatic carbocycles. The molecule has 0 aromatic heterocycles. The molecule has 0 saturated heterocycles. The van der Waals surface area contributed by atoms with Gasteiger partial charge in [0, 0.05) is 12.1 Å². The van der Waals surface area contributed by atoms with Gasteiger partial charge in [0.1, 0.15) is 29.4 Å². The molecule has 0 radical (unpaired) electrons. The molecule has 0 spiro atoms. The molecule has 0 fully saturated rings. The molecule has 0 heterocycles. The first-order valence-electron chi connectivity index (χ1n) is 9.23. The van der Waals surface area contributed by atoms with Gasteiger partial charge in [0.25, 0.3) is 0 Å². The topological polar surface area (TPSA) is 77.1 Å². The minimum Gasteiger partial charge on any atom is -0.491 e. The van der Waals surface area contributed by atoms with Crippen LogP contribution in [0.25, 0.3) is 0 Å². The number of amides is 2. The molecule has 0 atom stereocenters. The average molecular weight is 433 g/mol. The molecule has 1 rings (SSSR count). The Morgan fingerprint density at radius 1 is 1.07 bits per heavy atom. The number of benzene rings is 1. The van der Waals surface area contributed by atoms with Crippen LogP contribution in [0.3, 0.4) is 0 Å². The van der Waals surface area contributed by atoms with Gasteiger partial charge in [0.05, 0.1) is 11.6 Å². The number of carbonyl (C=O) groups is 2. The van der Waals surface area contributed by atoms with Crippen molar-refractivity contribution in [2.24, 2.45) is 0 Å². The molecule has 1 N–H and O–H groups in total. The number of carbonyl (C=O) groups excluding carboxylic acids is 2. The second-order valence-corrected chi connectivity index (χ2v) is 8.71. The van der Waals surface area contributed by atoms with Gasteiger partial charge in [-0.1, -0.05) is 11.6 Å². The summed E-state index contributed by atoms with van der Waals surface area (Å²) in [5.41, 5.74) is -1.14. The van der Waals surface area contributed by atoms with Gasteiger partial charge in [-0.2, -0.15) is 0 Å². The first kappa shape index (κ1) is 25.0. The van der Waals surface area contributed by atoms with Crippen LogP contribution in [0.15, 0.2) is 12.1 Å². The van der Waals surface area contributed by atoms with Crippen LogP contribution >= 0.6 is 11.6 Å². The average Bonchev–Trinajstić information content (AvgIpc) is 2.54. The van der Waals surface area contributed by atoms with Crippen LogP contribution in [0.1, 0.15) is 47.1 Å². The van der Waals surface area contributed by atoms with Gasteiger partial charge >= 0.3 is 12.2 Å². The summed E-state index contributed by atoms with van der Waals surface area (Å²) in [5, 5.41) is 2.84. The quantitative estimate of drug-likeness (QED) is 0.699. The molecule has 164 valence electrons. The highest BCUT2D eigenvalue weighted by Crippen LogP contribution is 2.29. The fourth-order valence-corrected chi connectivity index (χ4v) is 2.41. The maximum atomic E-state index is 13.7. The second-order valence-electron chi connectivity index (χ2n) is 8.33. The fourth-order valence-electron chi connectivity index (χ4n) is 2.19. The first-order chi connectivity index (χ1) is 13.2. The number of hydrogen-bond acceptors (Lipinski definition) is 6. The summed E-state index contributed by atoms with van der Waals surface area (Å²) in [4.78, 5) is 25.8. The molecule has 0 unspecified atom stereocenters. The Bertz CT molecular complexity index is 701. The van der Waals surface area contributed by atoms with E-state index in [0.29, 0.717) is 11.3 Å². The third kappa shape index (κ3) is 8.45. The largest absolute Gasteiger partial charge is 0.491 e. The zero-order chi connectivity index (χ0) is 22.4. The number of halogens is 2. The Morgan fingerprint density at radius 2 is 1.59 bits per heavy atom. The van der Waals surface area contributed by atoms with Crippen molar-refractivity contribution in [3.05, 3.63) is 28.5 Å². The minimum atomic E-state index is -0.845. The SMILES string of the molecule is CNCc1c(OCCN(C(=O)OC(C)(C)C)C(=O)OC(C)(C)C)ccc(F)c1Cl. The number of rotatable bonds is 6. The monoisotopic (exact) mass is 432 g/mol. The zero-order valence-electron chi connectivity index (χ0n) is 18.0. The Hall–Kier alpha value is -2.06. The van der Waals surface area contributed by atoms with E-state index in [-0.39, 0.29) is 24.7 Å². The van der Waals surface area contributed by atoms with E-state index in [2.05, 4.69) is 5.32 Å². The normalized spacial score (nSPS) is 11.8. The van der Waals surface area contributed by atoms with Crippen LogP contribution in [-0.4, -0.2) is 48.5 Å². The Morgan fingerprint density at radius 3 is 2.03 bits per heavy atom. The lowest BCUT2D eigenvalue weighted by molar-refractivity contribution is -0.000687. The number of nitrogens with zero attached hydrogens (tertiary/aromatic N) is 1. The predicted octanol–water partition coefficient (Wildman–Crippen LogP) is 4.75. The smallest absolute Gasteiger partial charge is 0.419 e. The van der Waals surface area contributed by atoms with Crippen LogP contribution in [0, 0.1) is 5.82 Å². The molecule has 0 aliphatic heterocycles. The van der Waals surface area contributed by atoms with E-state index in [1.54, 1.807) is 48.6 Å². The summed E-state index contributed by atoms with van der Waals surface area (Å²) in [6.45, 7) is 10.3. The van der Waals surface area contributed by atoms with Crippen LogP contribution in [-0.2, 0) is 16.0 Å². The highest BCUT2D eigenvalue weighted by molar-refractivity contribution is 6.31. The highest BCUT2D eigenvalue weighted by Gasteiger charge is 2.31. The van der Waals surface area contributed by atoms with E-state index in [9.17, 15) is 14.0 Å². The van der Waals surface area contributed by atoms with Crippen molar-refractivity contribution in [1.82, 2.24) is 10.2 Å². The summed E-state index contributed by atoms with van der Waals surface area (Å²) in [6.07, 6.45) is -1.69. The van der Waals surface area contributed by atoms with E-state index >= 15 is 0 Å². The minimum absolute atomic E-state index is 0.0482. The van der Waals surface area contributed by atoms with Crippen molar-refractivity contribution >= 4 is 23.8 Å². The Labute approximate surface area is 176 Å². The molecule has 0 aliphatic rings. The van der Waals surface area contributed by atoms with Gasteiger partial charge in [0.15, 0.2) is 0 Å². The number of imide groups is 1. The van der Waals surface area contributed by atoms with E-state index in [0.717, 1.165) is 4.90 Å². The standard InChI is InChI=1S/C20H30ClFN2O5/c1-19(2,3)28-17(25)24(18(26)29-20(4,5)6)10-11-27-15-9-8-14(22)16(21)13(15)12-23-7/h8-9,23H,10-12H2,1-7H3. The molecule has 0 aliphatic carbocycles. The molecule has 2 amide bonds. The molecule has 9 heteroatoms. The van der Waals surface area contributed by atoms with Crippen molar-refractivity contribution < 1.29 is 28.2 Å². The lowest BCUT2D eigenvalue weighted by atomic mass is 10.2. The van der Waals surface area contributed by atoms with Gasteiger partial charge in [-0.15, -0.1) is 0 Å². The summed E-state index contributed by atoms with van der Waals surface area (Å²) < 4.78 is 30.0. The summed E-state index contributed by atoms with van der Waals surface area (Å²) in [5.74, 6) is -0.215. The van der Waals surface area contributed by atoms with Crippen LogP contribution in [0.2, 0.25) is 5.02 Å². The molecular weight excluding hydrogens is 403 g/mol. The maximum Gasteiger partial charge on any atom is 0.419 e. The maximum absolute atomic E-state index is 13.7. The second kappa shape index (κ2) is 10.1. The Balaban J connectivity index is 2.94. The van der Waals surface area contributed by atoms with Gasteiger partial charge in [-0.05, 0) is 60.7 Å². The Kier molecular flexibility index (Phi) is 8.71. The van der Waals surface area contributed by atoms with Crippen LogP contribution in [0.4, 0.5) is 14.0 Å². The molecule has 29 heavy (non-hydrogen) atoms. The predicted molar refractivity (Wildman–Crippen MR) is 109 cm³/mol. The van der Waals surface area contributed by atoms with Gasteiger partial charge in [-0.25, -0.2) is 18.9 Å². The van der Waals surface area contributed by atoms with Crippen molar-refractivity contribution in [2.45, 2.75) is 59.3 Å². The van der Waals surface area contributed by atoms with Crippen molar-refractivity contribution in [1.29, 1.82) is 0 Å².